The highest BCUT2D eigenvalue weighted by molar-refractivity contribution is 5.73. The van der Waals surface area contributed by atoms with E-state index < -0.39 is 11.1 Å². The molecular weight excluding hydrogens is 228 g/mol. The summed E-state index contributed by atoms with van der Waals surface area (Å²) in [7, 11) is 0. The number of anilines is 2. The molecule has 102 valence electrons. The van der Waals surface area contributed by atoms with Crippen LogP contribution < -0.4 is 15.8 Å². The molecule has 0 atom stereocenters. The maximum Gasteiger partial charge on any atom is 0.144 e. The van der Waals surface area contributed by atoms with Gasteiger partial charge in [-0.1, -0.05) is 6.07 Å². The van der Waals surface area contributed by atoms with Gasteiger partial charge in [-0.15, -0.1) is 0 Å². The van der Waals surface area contributed by atoms with Crippen molar-refractivity contribution in [1.29, 1.82) is 0 Å². The van der Waals surface area contributed by atoms with Crippen LogP contribution in [0.5, 0.6) is 5.75 Å². The largest absolute Gasteiger partial charge is 0.492 e. The minimum absolute atomic E-state index is 0.508. The molecule has 0 aliphatic carbocycles. The smallest absolute Gasteiger partial charge is 0.144 e. The van der Waals surface area contributed by atoms with Crippen LogP contribution in [-0.4, -0.2) is 22.9 Å². The number of rotatable bonds is 5. The first kappa shape index (κ1) is 14.6. The molecule has 0 saturated carbocycles. The van der Waals surface area contributed by atoms with Gasteiger partial charge in [0.25, 0.3) is 0 Å². The Labute approximate surface area is 109 Å². The van der Waals surface area contributed by atoms with Crippen LogP contribution in [0.25, 0.3) is 0 Å². The fourth-order valence-corrected chi connectivity index (χ4v) is 1.42. The summed E-state index contributed by atoms with van der Waals surface area (Å²) in [6.07, 6.45) is 0. The van der Waals surface area contributed by atoms with Gasteiger partial charge in [0, 0.05) is 0 Å². The second-order valence-corrected chi connectivity index (χ2v) is 5.46. The number of nitrogen functional groups attached to an aromatic ring is 1. The van der Waals surface area contributed by atoms with E-state index in [1.807, 2.05) is 39.0 Å². The Morgan fingerprint density at radius 3 is 2.39 bits per heavy atom. The lowest BCUT2D eigenvalue weighted by Gasteiger charge is -2.39. The van der Waals surface area contributed by atoms with E-state index in [0.717, 1.165) is 5.69 Å². The van der Waals surface area contributed by atoms with Crippen LogP contribution in [-0.2, 0) is 0 Å². The topological polar surface area (TPSA) is 67.5 Å². The third-order valence-electron chi connectivity index (χ3n) is 3.34. The van der Waals surface area contributed by atoms with Gasteiger partial charge in [0.2, 0.25) is 0 Å². The molecule has 18 heavy (non-hydrogen) atoms. The average Bonchev–Trinajstić information content (AvgIpc) is 2.22. The van der Waals surface area contributed by atoms with E-state index >= 15 is 0 Å². The number of nitrogens with two attached hydrogens (primary N) is 1. The molecule has 0 saturated heterocycles. The summed E-state index contributed by atoms with van der Waals surface area (Å²) >= 11 is 0. The van der Waals surface area contributed by atoms with E-state index in [2.05, 4.69) is 5.32 Å². The first-order valence-corrected chi connectivity index (χ1v) is 6.21. The standard InChI is InChI=1S/C14H24N2O2/c1-6-18-11-9-7-8-10(12(11)15)16-13(2,3)14(4,5)17/h7-9,16-17H,6,15H2,1-5H3. The Morgan fingerprint density at radius 2 is 1.89 bits per heavy atom. The van der Waals surface area contributed by atoms with Crippen molar-refractivity contribution in [2.75, 3.05) is 17.7 Å². The lowest BCUT2D eigenvalue weighted by atomic mass is 9.85. The van der Waals surface area contributed by atoms with E-state index in [0.29, 0.717) is 18.0 Å². The monoisotopic (exact) mass is 252 g/mol. The molecule has 0 fully saturated rings. The van der Waals surface area contributed by atoms with E-state index in [9.17, 15) is 5.11 Å². The van der Waals surface area contributed by atoms with Gasteiger partial charge in [0.1, 0.15) is 5.75 Å². The molecular formula is C14H24N2O2. The molecule has 1 rings (SSSR count). The summed E-state index contributed by atoms with van der Waals surface area (Å²) in [4.78, 5) is 0. The van der Waals surface area contributed by atoms with Crippen molar-refractivity contribution >= 4 is 11.4 Å². The first-order chi connectivity index (χ1) is 8.19. The predicted octanol–water partition coefficient (Wildman–Crippen LogP) is 2.63. The van der Waals surface area contributed by atoms with E-state index in [1.165, 1.54) is 0 Å². The molecule has 0 aliphatic rings. The SMILES string of the molecule is CCOc1cccc(NC(C)(C)C(C)(C)O)c1N. The molecule has 0 heterocycles. The van der Waals surface area contributed by atoms with Crippen LogP contribution in [0.4, 0.5) is 11.4 Å². The van der Waals surface area contributed by atoms with Crippen LogP contribution in [0.2, 0.25) is 0 Å². The highest BCUT2D eigenvalue weighted by Crippen LogP contribution is 2.33. The predicted molar refractivity (Wildman–Crippen MR) is 76.0 cm³/mol. The van der Waals surface area contributed by atoms with E-state index in [-0.39, 0.29) is 0 Å². The normalized spacial score (nSPS) is 12.3. The number of benzene rings is 1. The van der Waals surface area contributed by atoms with Crippen molar-refractivity contribution in [3.05, 3.63) is 18.2 Å². The number of ether oxygens (including phenoxy) is 1. The fraction of sp³-hybridized carbons (Fsp3) is 0.571. The molecule has 0 aromatic heterocycles. The van der Waals surface area contributed by atoms with Gasteiger partial charge >= 0.3 is 0 Å². The van der Waals surface area contributed by atoms with Crippen LogP contribution in [0, 0.1) is 0 Å². The van der Waals surface area contributed by atoms with Crippen molar-refractivity contribution in [3.8, 4) is 5.75 Å². The average molecular weight is 252 g/mol. The number of aliphatic hydroxyl groups is 1. The molecule has 0 aliphatic heterocycles. The maximum atomic E-state index is 10.1. The van der Waals surface area contributed by atoms with E-state index in [4.69, 9.17) is 10.5 Å². The Balaban J connectivity index is 3.02. The Bertz CT molecular complexity index is 409. The lowest BCUT2D eigenvalue weighted by Crippen LogP contribution is -2.51. The van der Waals surface area contributed by atoms with Gasteiger partial charge in [-0.2, -0.15) is 0 Å². The van der Waals surface area contributed by atoms with E-state index in [1.54, 1.807) is 13.8 Å². The zero-order chi connectivity index (χ0) is 14.0. The molecule has 1 aromatic rings. The Morgan fingerprint density at radius 1 is 1.28 bits per heavy atom. The summed E-state index contributed by atoms with van der Waals surface area (Å²) in [5, 5.41) is 13.4. The molecule has 0 radical (unpaired) electrons. The number of nitrogens with one attached hydrogen (secondary N) is 1. The zero-order valence-electron chi connectivity index (χ0n) is 11.9. The highest BCUT2D eigenvalue weighted by atomic mass is 16.5. The third kappa shape index (κ3) is 3.07. The van der Waals surface area contributed by atoms with Gasteiger partial charge < -0.3 is 20.9 Å². The Kier molecular flexibility index (Phi) is 4.12. The molecule has 4 N–H and O–H groups in total. The van der Waals surface area contributed by atoms with Crippen molar-refractivity contribution in [2.45, 2.75) is 45.8 Å². The molecule has 0 unspecified atom stereocenters. The van der Waals surface area contributed by atoms with Gasteiger partial charge in [-0.25, -0.2) is 0 Å². The lowest BCUT2D eigenvalue weighted by molar-refractivity contribution is 0.0241. The van der Waals surface area contributed by atoms with Crippen LogP contribution in [0.15, 0.2) is 18.2 Å². The molecule has 0 amide bonds. The summed E-state index contributed by atoms with van der Waals surface area (Å²) in [6, 6.07) is 5.59. The molecule has 1 aromatic carbocycles. The van der Waals surface area contributed by atoms with Crippen molar-refractivity contribution in [3.63, 3.8) is 0 Å². The van der Waals surface area contributed by atoms with Gasteiger partial charge in [0.05, 0.1) is 29.1 Å². The quantitative estimate of drug-likeness (QED) is 0.705. The number of hydrogen-bond donors (Lipinski definition) is 3. The minimum Gasteiger partial charge on any atom is -0.492 e. The van der Waals surface area contributed by atoms with Crippen LogP contribution in [0.3, 0.4) is 0 Å². The zero-order valence-corrected chi connectivity index (χ0v) is 11.9. The summed E-state index contributed by atoms with van der Waals surface area (Å²) in [5.74, 6) is 0.661. The summed E-state index contributed by atoms with van der Waals surface area (Å²) in [5.41, 5.74) is 6.01. The van der Waals surface area contributed by atoms with Crippen LogP contribution in [0.1, 0.15) is 34.6 Å². The van der Waals surface area contributed by atoms with Gasteiger partial charge in [0.15, 0.2) is 0 Å². The Hall–Kier alpha value is -1.42. The van der Waals surface area contributed by atoms with Crippen molar-refractivity contribution < 1.29 is 9.84 Å². The van der Waals surface area contributed by atoms with Crippen LogP contribution >= 0.6 is 0 Å². The minimum atomic E-state index is -0.874. The second-order valence-electron chi connectivity index (χ2n) is 5.46. The molecule has 0 bridgehead atoms. The van der Waals surface area contributed by atoms with Crippen molar-refractivity contribution in [2.24, 2.45) is 0 Å². The first-order valence-electron chi connectivity index (χ1n) is 6.21. The maximum absolute atomic E-state index is 10.1. The van der Waals surface area contributed by atoms with Gasteiger partial charge in [-0.3, -0.25) is 0 Å². The summed E-state index contributed by atoms with van der Waals surface area (Å²) < 4.78 is 5.45. The number of para-hydroxylation sites is 1. The highest BCUT2D eigenvalue weighted by Gasteiger charge is 2.35. The van der Waals surface area contributed by atoms with Gasteiger partial charge in [-0.05, 0) is 46.8 Å². The number of hydrogen-bond acceptors (Lipinski definition) is 4. The second kappa shape index (κ2) is 5.06. The summed E-state index contributed by atoms with van der Waals surface area (Å²) in [6.45, 7) is 9.88. The molecule has 0 spiro atoms. The third-order valence-corrected chi connectivity index (χ3v) is 3.34. The molecule has 4 nitrogen and oxygen atoms in total. The van der Waals surface area contributed by atoms with Crippen molar-refractivity contribution in [1.82, 2.24) is 0 Å². The molecule has 4 heteroatoms. The fourth-order valence-electron chi connectivity index (χ4n) is 1.42.